The van der Waals surface area contributed by atoms with Gasteiger partial charge in [0.25, 0.3) is 0 Å². The molecule has 25 heavy (non-hydrogen) atoms. The Labute approximate surface area is 161 Å². The number of rotatable bonds is 8. The van der Waals surface area contributed by atoms with E-state index in [1.165, 1.54) is 7.11 Å². The van der Waals surface area contributed by atoms with E-state index in [-0.39, 0.29) is 11.7 Å². The van der Waals surface area contributed by atoms with Crippen LogP contribution in [0.5, 0.6) is 17.2 Å². The van der Waals surface area contributed by atoms with E-state index in [1.807, 2.05) is 24.3 Å². The molecule has 0 aliphatic carbocycles. The van der Waals surface area contributed by atoms with Gasteiger partial charge in [-0.05, 0) is 76.9 Å². The highest BCUT2D eigenvalue weighted by Gasteiger charge is 2.07. The van der Waals surface area contributed by atoms with E-state index in [4.69, 9.17) is 9.47 Å². The summed E-state index contributed by atoms with van der Waals surface area (Å²) in [5.41, 5.74) is 2.05. The fraction of sp³-hybridized carbons (Fsp3) is 0.316. The summed E-state index contributed by atoms with van der Waals surface area (Å²) < 4.78 is 11.4. The Kier molecular flexibility index (Phi) is 7.36. The molecule has 0 bridgehead atoms. The van der Waals surface area contributed by atoms with Gasteiger partial charge in [0.1, 0.15) is 5.75 Å². The van der Waals surface area contributed by atoms with Crippen LogP contribution in [0.3, 0.4) is 0 Å². The molecule has 0 aliphatic rings. The number of phenols is 1. The van der Waals surface area contributed by atoms with Gasteiger partial charge >= 0.3 is 0 Å². The maximum Gasteiger partial charge on any atom is 0.220 e. The number of hydrogen-bond acceptors (Lipinski definition) is 4. The molecule has 0 aliphatic heterocycles. The van der Waals surface area contributed by atoms with Crippen LogP contribution in [0.15, 0.2) is 36.4 Å². The molecule has 0 saturated heterocycles. The third kappa shape index (κ3) is 5.81. The number of aryl methyl sites for hydroxylation is 1. The molecule has 2 rings (SSSR count). The molecular formula is C19H22INO4. The first-order chi connectivity index (χ1) is 12.0. The van der Waals surface area contributed by atoms with Crippen LogP contribution in [-0.2, 0) is 17.6 Å². The molecule has 0 saturated carbocycles. The highest BCUT2D eigenvalue weighted by Crippen LogP contribution is 2.26. The van der Waals surface area contributed by atoms with Crippen LogP contribution in [0, 0.1) is 3.57 Å². The average Bonchev–Trinajstić information content (AvgIpc) is 2.61. The van der Waals surface area contributed by atoms with E-state index in [2.05, 4.69) is 27.9 Å². The molecule has 2 N–H and O–H groups in total. The van der Waals surface area contributed by atoms with Crippen molar-refractivity contribution in [3.63, 3.8) is 0 Å². The van der Waals surface area contributed by atoms with E-state index in [0.29, 0.717) is 31.6 Å². The van der Waals surface area contributed by atoms with Crippen molar-refractivity contribution in [2.24, 2.45) is 0 Å². The zero-order valence-corrected chi connectivity index (χ0v) is 16.5. The Morgan fingerprint density at radius 1 is 1.12 bits per heavy atom. The van der Waals surface area contributed by atoms with Crippen molar-refractivity contribution in [1.82, 2.24) is 5.32 Å². The summed E-state index contributed by atoms with van der Waals surface area (Å²) in [6.07, 6.45) is 1.75. The third-order valence-corrected chi connectivity index (χ3v) is 4.91. The third-order valence-electron chi connectivity index (χ3n) is 3.85. The van der Waals surface area contributed by atoms with E-state index >= 15 is 0 Å². The number of hydrogen-bond donors (Lipinski definition) is 2. The first kappa shape index (κ1) is 19.4. The first-order valence-electron chi connectivity index (χ1n) is 7.98. The van der Waals surface area contributed by atoms with Gasteiger partial charge in [0, 0.05) is 16.5 Å². The van der Waals surface area contributed by atoms with Crippen molar-refractivity contribution < 1.29 is 19.4 Å². The van der Waals surface area contributed by atoms with Gasteiger partial charge < -0.3 is 19.9 Å². The van der Waals surface area contributed by atoms with Crippen LogP contribution in [-0.4, -0.2) is 31.8 Å². The van der Waals surface area contributed by atoms with E-state index in [0.717, 1.165) is 20.4 Å². The number of carbonyl (C=O) groups excluding carboxylic acids is 1. The second kappa shape index (κ2) is 9.50. The van der Waals surface area contributed by atoms with Gasteiger partial charge in [-0.3, -0.25) is 4.79 Å². The monoisotopic (exact) mass is 455 g/mol. The zero-order chi connectivity index (χ0) is 18.2. The predicted molar refractivity (Wildman–Crippen MR) is 105 cm³/mol. The minimum atomic E-state index is 0.0105. The lowest BCUT2D eigenvalue weighted by atomic mass is 10.1. The van der Waals surface area contributed by atoms with Crippen LogP contribution in [0.1, 0.15) is 17.5 Å². The van der Waals surface area contributed by atoms with E-state index < -0.39 is 0 Å². The van der Waals surface area contributed by atoms with Gasteiger partial charge in [-0.15, -0.1) is 0 Å². The van der Waals surface area contributed by atoms with Gasteiger partial charge in [0.2, 0.25) is 5.91 Å². The van der Waals surface area contributed by atoms with Crippen molar-refractivity contribution in [1.29, 1.82) is 0 Å². The maximum absolute atomic E-state index is 12.0. The van der Waals surface area contributed by atoms with Crippen molar-refractivity contribution in [3.8, 4) is 17.2 Å². The highest BCUT2D eigenvalue weighted by atomic mass is 127. The van der Waals surface area contributed by atoms with Gasteiger partial charge in [-0.1, -0.05) is 6.07 Å². The Morgan fingerprint density at radius 3 is 2.60 bits per heavy atom. The lowest BCUT2D eigenvalue weighted by Gasteiger charge is -2.09. The molecule has 6 heteroatoms. The minimum Gasteiger partial charge on any atom is -0.504 e. The number of ether oxygens (including phenoxy) is 2. The maximum atomic E-state index is 12.0. The molecule has 0 atom stereocenters. The fourth-order valence-corrected chi connectivity index (χ4v) is 3.05. The fourth-order valence-electron chi connectivity index (χ4n) is 2.44. The van der Waals surface area contributed by atoms with E-state index in [1.54, 1.807) is 19.2 Å². The molecule has 0 radical (unpaired) electrons. The molecule has 1 amide bonds. The summed E-state index contributed by atoms with van der Waals surface area (Å²) in [5, 5.41) is 12.7. The number of methoxy groups -OCH3 is 2. The largest absolute Gasteiger partial charge is 0.504 e. The number of carbonyl (C=O) groups is 1. The van der Waals surface area contributed by atoms with Crippen LogP contribution >= 0.6 is 22.6 Å². The predicted octanol–water partition coefficient (Wildman–Crippen LogP) is 3.31. The summed E-state index contributed by atoms with van der Waals surface area (Å²) in [4.78, 5) is 12.0. The van der Waals surface area contributed by atoms with Crippen molar-refractivity contribution in [2.75, 3.05) is 20.8 Å². The minimum absolute atomic E-state index is 0.0105. The summed E-state index contributed by atoms with van der Waals surface area (Å²) in [6, 6.07) is 11.1. The molecule has 0 fully saturated rings. The number of halogens is 1. The van der Waals surface area contributed by atoms with Gasteiger partial charge in [-0.25, -0.2) is 0 Å². The Morgan fingerprint density at radius 2 is 1.92 bits per heavy atom. The van der Waals surface area contributed by atoms with Gasteiger partial charge in [0.05, 0.1) is 14.2 Å². The summed E-state index contributed by atoms with van der Waals surface area (Å²) in [5.74, 6) is 1.37. The normalized spacial score (nSPS) is 10.4. The van der Waals surface area contributed by atoms with Crippen molar-refractivity contribution in [3.05, 3.63) is 51.1 Å². The number of benzene rings is 2. The standard InChI is InChI=1S/C19H22INO4/c1-24-15-5-6-16(20)14(12-15)4-8-19(23)21-10-9-13-3-7-18(25-2)17(22)11-13/h3,5-7,11-12,22H,4,8-10H2,1-2H3,(H,21,23). The second-order valence-electron chi connectivity index (χ2n) is 5.56. The lowest BCUT2D eigenvalue weighted by molar-refractivity contribution is -0.121. The first-order valence-corrected chi connectivity index (χ1v) is 9.06. The molecule has 2 aromatic rings. The molecule has 0 spiro atoms. The van der Waals surface area contributed by atoms with Crippen LogP contribution < -0.4 is 14.8 Å². The van der Waals surface area contributed by atoms with Crippen LogP contribution in [0.4, 0.5) is 0 Å². The molecular weight excluding hydrogens is 433 g/mol. The quantitative estimate of drug-likeness (QED) is 0.600. The smallest absolute Gasteiger partial charge is 0.220 e. The van der Waals surface area contributed by atoms with Gasteiger partial charge in [0.15, 0.2) is 11.5 Å². The Balaban J connectivity index is 1.78. The lowest BCUT2D eigenvalue weighted by Crippen LogP contribution is -2.25. The number of aromatic hydroxyl groups is 1. The SMILES string of the molecule is COc1ccc(I)c(CCC(=O)NCCc2ccc(OC)c(O)c2)c1. The Bertz CT molecular complexity index is 733. The van der Waals surface area contributed by atoms with Gasteiger partial charge in [-0.2, -0.15) is 0 Å². The number of amides is 1. The number of nitrogens with one attached hydrogen (secondary N) is 1. The second-order valence-corrected chi connectivity index (χ2v) is 6.73. The van der Waals surface area contributed by atoms with Crippen LogP contribution in [0.25, 0.3) is 0 Å². The number of phenolic OH excluding ortho intramolecular Hbond substituents is 1. The topological polar surface area (TPSA) is 67.8 Å². The Hall–Kier alpha value is -1.96. The molecule has 0 heterocycles. The zero-order valence-electron chi connectivity index (χ0n) is 14.3. The average molecular weight is 455 g/mol. The molecule has 5 nitrogen and oxygen atoms in total. The summed E-state index contributed by atoms with van der Waals surface area (Å²) in [6.45, 7) is 0.528. The van der Waals surface area contributed by atoms with Crippen molar-refractivity contribution >= 4 is 28.5 Å². The van der Waals surface area contributed by atoms with Crippen molar-refractivity contribution in [2.45, 2.75) is 19.3 Å². The van der Waals surface area contributed by atoms with E-state index in [9.17, 15) is 9.90 Å². The molecule has 0 aromatic heterocycles. The molecule has 134 valence electrons. The molecule has 2 aromatic carbocycles. The van der Waals surface area contributed by atoms with Crippen LogP contribution in [0.2, 0.25) is 0 Å². The summed E-state index contributed by atoms with van der Waals surface area (Å²) >= 11 is 2.26. The molecule has 0 unspecified atom stereocenters. The summed E-state index contributed by atoms with van der Waals surface area (Å²) in [7, 11) is 3.15. The highest BCUT2D eigenvalue weighted by molar-refractivity contribution is 14.1.